The first-order valence-electron chi connectivity index (χ1n) is 5.79. The molecule has 1 atom stereocenters. The van der Waals surface area contributed by atoms with Gasteiger partial charge in [-0.2, -0.15) is 0 Å². The Labute approximate surface area is 122 Å². The van der Waals surface area contributed by atoms with Gasteiger partial charge in [0, 0.05) is 16.6 Å². The molecule has 0 aromatic heterocycles. The van der Waals surface area contributed by atoms with E-state index in [0.717, 1.165) is 5.56 Å². The molecular formula is C12H13Cl2NO3S. The van der Waals surface area contributed by atoms with Gasteiger partial charge in [0.15, 0.2) is 9.84 Å². The number of sulfone groups is 1. The molecule has 1 amide bonds. The van der Waals surface area contributed by atoms with Crippen LogP contribution in [0.25, 0.3) is 0 Å². The lowest BCUT2D eigenvalue weighted by molar-refractivity contribution is -0.124. The second-order valence-electron chi connectivity index (χ2n) is 4.55. The molecule has 0 saturated carbocycles. The van der Waals surface area contributed by atoms with E-state index in [0.29, 0.717) is 16.5 Å². The summed E-state index contributed by atoms with van der Waals surface area (Å²) in [4.78, 5) is 11.8. The van der Waals surface area contributed by atoms with Gasteiger partial charge in [0.25, 0.3) is 0 Å². The van der Waals surface area contributed by atoms with Crippen LogP contribution in [0.3, 0.4) is 0 Å². The van der Waals surface area contributed by atoms with Crippen LogP contribution < -0.4 is 5.32 Å². The van der Waals surface area contributed by atoms with Crippen LogP contribution in [0, 0.1) is 5.92 Å². The maximum absolute atomic E-state index is 11.8. The van der Waals surface area contributed by atoms with Crippen molar-refractivity contribution in [1.82, 2.24) is 5.32 Å². The lowest BCUT2D eigenvalue weighted by Crippen LogP contribution is -2.31. The first kappa shape index (κ1) is 14.6. The summed E-state index contributed by atoms with van der Waals surface area (Å²) in [7, 11) is -3.04. The predicted octanol–water partition coefficient (Wildman–Crippen LogP) is 2.04. The number of halogens is 2. The fourth-order valence-electron chi connectivity index (χ4n) is 1.99. The zero-order valence-electron chi connectivity index (χ0n) is 10.0. The highest BCUT2D eigenvalue weighted by molar-refractivity contribution is 7.91. The molecule has 0 aliphatic carbocycles. The zero-order valence-corrected chi connectivity index (χ0v) is 12.4. The van der Waals surface area contributed by atoms with Crippen LogP contribution in [0.15, 0.2) is 18.2 Å². The molecule has 1 aromatic rings. The summed E-state index contributed by atoms with van der Waals surface area (Å²) in [6, 6.07) is 5.02. The number of hydrogen-bond acceptors (Lipinski definition) is 3. The molecule has 1 aromatic carbocycles. The Bertz CT molecular complexity index is 601. The summed E-state index contributed by atoms with van der Waals surface area (Å²) < 4.78 is 22.6. The van der Waals surface area contributed by atoms with Gasteiger partial charge in [0.05, 0.1) is 17.4 Å². The van der Waals surface area contributed by atoms with E-state index < -0.39 is 15.8 Å². The topological polar surface area (TPSA) is 63.2 Å². The molecule has 19 heavy (non-hydrogen) atoms. The van der Waals surface area contributed by atoms with Crippen LogP contribution in [-0.4, -0.2) is 25.8 Å². The van der Waals surface area contributed by atoms with E-state index in [9.17, 15) is 13.2 Å². The molecule has 1 fully saturated rings. The Hall–Kier alpha value is -0.780. The monoisotopic (exact) mass is 321 g/mol. The average Bonchev–Trinajstić information content (AvgIpc) is 2.68. The van der Waals surface area contributed by atoms with Gasteiger partial charge in [0.2, 0.25) is 5.91 Å². The van der Waals surface area contributed by atoms with E-state index in [1.807, 2.05) is 0 Å². The van der Waals surface area contributed by atoms with Gasteiger partial charge in [-0.25, -0.2) is 8.42 Å². The molecule has 1 saturated heterocycles. The van der Waals surface area contributed by atoms with Crippen molar-refractivity contribution in [3.63, 3.8) is 0 Å². The Morgan fingerprint density at radius 3 is 2.68 bits per heavy atom. The molecule has 2 rings (SSSR count). The number of benzene rings is 1. The minimum atomic E-state index is -3.04. The van der Waals surface area contributed by atoms with Crippen molar-refractivity contribution in [1.29, 1.82) is 0 Å². The summed E-state index contributed by atoms with van der Waals surface area (Å²) in [5, 5.41) is 3.72. The minimum absolute atomic E-state index is 0.0623. The fourth-order valence-corrected chi connectivity index (χ4v) is 4.21. The third-order valence-electron chi connectivity index (χ3n) is 3.07. The smallest absolute Gasteiger partial charge is 0.224 e. The van der Waals surface area contributed by atoms with Crippen molar-refractivity contribution in [3.05, 3.63) is 33.8 Å². The Balaban J connectivity index is 1.94. The molecule has 104 valence electrons. The first-order valence-corrected chi connectivity index (χ1v) is 8.37. The number of carbonyl (C=O) groups excluding carboxylic acids is 1. The van der Waals surface area contributed by atoms with Crippen molar-refractivity contribution >= 4 is 38.9 Å². The van der Waals surface area contributed by atoms with E-state index in [4.69, 9.17) is 23.2 Å². The van der Waals surface area contributed by atoms with E-state index >= 15 is 0 Å². The molecule has 1 aliphatic rings. The molecule has 7 heteroatoms. The average molecular weight is 322 g/mol. The van der Waals surface area contributed by atoms with Crippen molar-refractivity contribution in [2.24, 2.45) is 5.92 Å². The molecule has 1 heterocycles. The van der Waals surface area contributed by atoms with Crippen LogP contribution in [0.5, 0.6) is 0 Å². The highest BCUT2D eigenvalue weighted by atomic mass is 35.5. The van der Waals surface area contributed by atoms with Gasteiger partial charge in [-0.15, -0.1) is 0 Å². The molecule has 0 bridgehead atoms. The van der Waals surface area contributed by atoms with Crippen molar-refractivity contribution in [3.8, 4) is 0 Å². The van der Waals surface area contributed by atoms with Gasteiger partial charge in [0.1, 0.15) is 0 Å². The Morgan fingerprint density at radius 2 is 2.11 bits per heavy atom. The van der Waals surface area contributed by atoms with Crippen LogP contribution in [0.2, 0.25) is 10.0 Å². The van der Waals surface area contributed by atoms with E-state index in [2.05, 4.69) is 5.32 Å². The quantitative estimate of drug-likeness (QED) is 0.926. The van der Waals surface area contributed by atoms with Crippen LogP contribution in [0.4, 0.5) is 0 Å². The number of amides is 1. The summed E-state index contributed by atoms with van der Waals surface area (Å²) in [5.74, 6) is -0.664. The molecular weight excluding hydrogens is 309 g/mol. The molecule has 1 aliphatic heterocycles. The number of hydrogen-bond donors (Lipinski definition) is 1. The summed E-state index contributed by atoms with van der Waals surface area (Å²) >= 11 is 11.8. The summed E-state index contributed by atoms with van der Waals surface area (Å²) in [6.07, 6.45) is 0.391. The lowest BCUT2D eigenvalue weighted by atomic mass is 10.1. The Kier molecular flexibility index (Phi) is 4.38. The highest BCUT2D eigenvalue weighted by Crippen LogP contribution is 2.22. The maximum Gasteiger partial charge on any atom is 0.224 e. The summed E-state index contributed by atoms with van der Waals surface area (Å²) in [6.45, 7) is 0.269. The fraction of sp³-hybridized carbons (Fsp3) is 0.417. The Morgan fingerprint density at radius 1 is 1.37 bits per heavy atom. The van der Waals surface area contributed by atoms with Gasteiger partial charge < -0.3 is 5.32 Å². The van der Waals surface area contributed by atoms with Crippen LogP contribution in [0.1, 0.15) is 12.0 Å². The van der Waals surface area contributed by atoms with Gasteiger partial charge in [-0.1, -0.05) is 29.3 Å². The molecule has 0 spiro atoms. The van der Waals surface area contributed by atoms with Crippen molar-refractivity contribution in [2.45, 2.75) is 13.0 Å². The maximum atomic E-state index is 11.8. The molecule has 0 unspecified atom stereocenters. The largest absolute Gasteiger partial charge is 0.352 e. The zero-order chi connectivity index (χ0) is 14.0. The van der Waals surface area contributed by atoms with E-state index in [1.165, 1.54) is 0 Å². The number of nitrogens with one attached hydrogen (secondary N) is 1. The van der Waals surface area contributed by atoms with E-state index in [-0.39, 0.29) is 24.0 Å². The molecule has 1 N–H and O–H groups in total. The third-order valence-corrected chi connectivity index (χ3v) is 5.43. The second-order valence-corrected chi connectivity index (χ2v) is 7.63. The SMILES string of the molecule is O=C(NCc1ccc(Cl)cc1Cl)[C@@H]1CCS(=O)(=O)C1. The highest BCUT2D eigenvalue weighted by Gasteiger charge is 2.32. The minimum Gasteiger partial charge on any atom is -0.352 e. The summed E-state index contributed by atoms with van der Waals surface area (Å²) in [5.41, 5.74) is 0.750. The normalized spacial score (nSPS) is 21.3. The predicted molar refractivity (Wildman–Crippen MR) is 75.1 cm³/mol. The van der Waals surface area contributed by atoms with Crippen LogP contribution >= 0.6 is 23.2 Å². The molecule has 0 radical (unpaired) electrons. The van der Waals surface area contributed by atoms with E-state index in [1.54, 1.807) is 18.2 Å². The van der Waals surface area contributed by atoms with Crippen molar-refractivity contribution < 1.29 is 13.2 Å². The van der Waals surface area contributed by atoms with Crippen molar-refractivity contribution in [2.75, 3.05) is 11.5 Å². The van der Waals surface area contributed by atoms with Gasteiger partial charge in [-0.05, 0) is 24.1 Å². The number of rotatable bonds is 3. The van der Waals surface area contributed by atoms with Crippen LogP contribution in [-0.2, 0) is 21.2 Å². The van der Waals surface area contributed by atoms with Gasteiger partial charge >= 0.3 is 0 Å². The first-order chi connectivity index (χ1) is 8.87. The lowest BCUT2D eigenvalue weighted by Gasteiger charge is -2.10. The second kappa shape index (κ2) is 5.69. The standard InChI is InChI=1S/C12H13Cl2NO3S/c13-10-2-1-8(11(14)5-10)6-15-12(16)9-3-4-19(17,18)7-9/h1-2,5,9H,3-4,6-7H2,(H,15,16)/t9-/m1/s1. The molecule has 4 nitrogen and oxygen atoms in total. The third kappa shape index (κ3) is 3.84. The van der Waals surface area contributed by atoms with Gasteiger partial charge in [-0.3, -0.25) is 4.79 Å². The number of carbonyl (C=O) groups is 1.